The Morgan fingerprint density at radius 3 is 2.27 bits per heavy atom. The Labute approximate surface area is 182 Å². The monoisotopic (exact) mass is 422 g/mol. The van der Waals surface area contributed by atoms with E-state index in [1.54, 1.807) is 0 Å². The predicted molar refractivity (Wildman–Crippen MR) is 121 cm³/mol. The molecular formula is C26H27ClO3. The van der Waals surface area contributed by atoms with Crippen LogP contribution in [0, 0.1) is 6.92 Å². The molecule has 1 heterocycles. The van der Waals surface area contributed by atoms with E-state index < -0.39 is 6.10 Å². The molecule has 2 N–H and O–H groups in total. The summed E-state index contributed by atoms with van der Waals surface area (Å²) in [6.45, 7) is 2.01. The van der Waals surface area contributed by atoms with E-state index in [1.807, 2.05) is 12.1 Å². The van der Waals surface area contributed by atoms with Crippen LogP contribution in [0.4, 0.5) is 0 Å². The molecule has 1 aliphatic heterocycles. The molecule has 0 spiro atoms. The molecule has 0 bridgehead atoms. The van der Waals surface area contributed by atoms with Crippen molar-refractivity contribution < 1.29 is 14.9 Å². The van der Waals surface area contributed by atoms with Gasteiger partial charge in [0.15, 0.2) is 0 Å². The van der Waals surface area contributed by atoms with E-state index in [0.29, 0.717) is 12.8 Å². The van der Waals surface area contributed by atoms with E-state index in [9.17, 15) is 10.2 Å². The van der Waals surface area contributed by atoms with Gasteiger partial charge in [0.05, 0.1) is 24.9 Å². The van der Waals surface area contributed by atoms with E-state index in [4.69, 9.17) is 16.3 Å². The van der Waals surface area contributed by atoms with Crippen LogP contribution in [0.15, 0.2) is 66.7 Å². The third-order valence-corrected chi connectivity index (χ3v) is 6.13. The van der Waals surface area contributed by atoms with Crippen LogP contribution < -0.4 is 0 Å². The van der Waals surface area contributed by atoms with Crippen molar-refractivity contribution in [2.24, 2.45) is 0 Å². The molecule has 0 aliphatic carbocycles. The summed E-state index contributed by atoms with van der Waals surface area (Å²) in [6.07, 6.45) is 0.704. The first-order chi connectivity index (χ1) is 14.5. The van der Waals surface area contributed by atoms with E-state index >= 15 is 0 Å². The Morgan fingerprint density at radius 1 is 0.933 bits per heavy atom. The highest BCUT2D eigenvalue weighted by Gasteiger charge is 2.29. The molecule has 1 fully saturated rings. The van der Waals surface area contributed by atoms with Crippen LogP contribution in [0.3, 0.4) is 0 Å². The summed E-state index contributed by atoms with van der Waals surface area (Å²) in [5, 5.41) is 20.3. The molecule has 4 heteroatoms. The van der Waals surface area contributed by atoms with Crippen LogP contribution in [-0.2, 0) is 11.2 Å². The molecule has 3 aromatic rings. The van der Waals surface area contributed by atoms with Gasteiger partial charge in [0.1, 0.15) is 0 Å². The molecule has 3 unspecified atom stereocenters. The van der Waals surface area contributed by atoms with Crippen molar-refractivity contribution in [1.29, 1.82) is 0 Å². The quantitative estimate of drug-likeness (QED) is 0.572. The number of aryl methyl sites for hydroxylation is 1. The molecule has 30 heavy (non-hydrogen) atoms. The third kappa shape index (κ3) is 4.93. The lowest BCUT2D eigenvalue weighted by Crippen LogP contribution is -2.33. The van der Waals surface area contributed by atoms with Gasteiger partial charge in [0.25, 0.3) is 0 Å². The highest BCUT2D eigenvalue weighted by Crippen LogP contribution is 2.34. The zero-order valence-electron chi connectivity index (χ0n) is 17.1. The summed E-state index contributed by atoms with van der Waals surface area (Å²) in [7, 11) is 0. The van der Waals surface area contributed by atoms with Crippen molar-refractivity contribution in [2.45, 2.75) is 44.5 Å². The summed E-state index contributed by atoms with van der Waals surface area (Å²) in [5.74, 6) is 0. The minimum absolute atomic E-state index is 0.0820. The number of ether oxygens (including phenoxy) is 1. The SMILES string of the molecule is Cc1ccc(-c2ccc(Cc3cc(C4CC(O)CC(CO)O4)ccc3Cl)cc2)cc1. The molecule has 1 aliphatic rings. The number of halogens is 1. The molecule has 0 aromatic heterocycles. The van der Waals surface area contributed by atoms with Crippen molar-refractivity contribution in [3.63, 3.8) is 0 Å². The van der Waals surface area contributed by atoms with Gasteiger partial charge in [-0.3, -0.25) is 0 Å². The molecule has 1 saturated heterocycles. The highest BCUT2D eigenvalue weighted by atomic mass is 35.5. The molecular weight excluding hydrogens is 396 g/mol. The molecule has 3 aromatic carbocycles. The largest absolute Gasteiger partial charge is 0.394 e. The number of aliphatic hydroxyl groups is 2. The fraction of sp³-hybridized carbons (Fsp3) is 0.308. The van der Waals surface area contributed by atoms with Gasteiger partial charge in [0.2, 0.25) is 0 Å². The van der Waals surface area contributed by atoms with Gasteiger partial charge in [-0.15, -0.1) is 0 Å². The standard InChI is InChI=1S/C26H27ClO3/c1-17-2-6-19(7-3-17)20-8-4-18(5-9-20)12-22-13-21(10-11-25(22)27)26-15-23(29)14-24(16-28)30-26/h2-11,13,23-24,26,28-29H,12,14-16H2,1H3. The Morgan fingerprint density at radius 2 is 1.60 bits per heavy atom. The number of aliphatic hydroxyl groups excluding tert-OH is 2. The van der Waals surface area contributed by atoms with Gasteiger partial charge in [-0.25, -0.2) is 0 Å². The minimum atomic E-state index is -0.464. The van der Waals surface area contributed by atoms with Gasteiger partial charge < -0.3 is 14.9 Å². The van der Waals surface area contributed by atoms with Crippen LogP contribution in [0.2, 0.25) is 5.02 Å². The Bertz CT molecular complexity index is 982. The number of hydrogen-bond acceptors (Lipinski definition) is 3. The van der Waals surface area contributed by atoms with Crippen molar-refractivity contribution in [3.05, 3.63) is 94.0 Å². The first-order valence-electron chi connectivity index (χ1n) is 10.4. The summed E-state index contributed by atoms with van der Waals surface area (Å²) in [6, 6.07) is 23.0. The molecule has 156 valence electrons. The molecule has 3 nitrogen and oxygen atoms in total. The average Bonchev–Trinajstić information content (AvgIpc) is 2.76. The van der Waals surface area contributed by atoms with Gasteiger partial charge in [-0.2, -0.15) is 0 Å². The number of benzene rings is 3. The molecule has 0 amide bonds. The van der Waals surface area contributed by atoms with Crippen molar-refractivity contribution >= 4 is 11.6 Å². The second-order valence-electron chi connectivity index (χ2n) is 8.15. The zero-order valence-corrected chi connectivity index (χ0v) is 17.8. The van der Waals surface area contributed by atoms with Crippen LogP contribution in [0.25, 0.3) is 11.1 Å². The zero-order chi connectivity index (χ0) is 21.1. The smallest absolute Gasteiger partial charge is 0.0854 e. The van der Waals surface area contributed by atoms with Gasteiger partial charge in [-0.1, -0.05) is 77.8 Å². The molecule has 4 rings (SSSR count). The lowest BCUT2D eigenvalue weighted by molar-refractivity contribution is -0.113. The van der Waals surface area contributed by atoms with Crippen molar-refractivity contribution in [2.75, 3.05) is 6.61 Å². The lowest BCUT2D eigenvalue weighted by Gasteiger charge is -2.32. The lowest BCUT2D eigenvalue weighted by atomic mass is 9.93. The maximum atomic E-state index is 10.1. The maximum Gasteiger partial charge on any atom is 0.0854 e. The minimum Gasteiger partial charge on any atom is -0.394 e. The highest BCUT2D eigenvalue weighted by molar-refractivity contribution is 6.31. The summed E-state index contributed by atoms with van der Waals surface area (Å²) >= 11 is 6.48. The fourth-order valence-corrected chi connectivity index (χ4v) is 4.22. The first-order valence-corrected chi connectivity index (χ1v) is 10.8. The van der Waals surface area contributed by atoms with Crippen molar-refractivity contribution in [1.82, 2.24) is 0 Å². The Kier molecular flexibility index (Phi) is 6.55. The normalized spacial score (nSPS) is 21.5. The predicted octanol–water partition coefficient (Wildman–Crippen LogP) is 5.48. The molecule has 0 radical (unpaired) electrons. The molecule has 0 saturated carbocycles. The van der Waals surface area contributed by atoms with Gasteiger partial charge >= 0.3 is 0 Å². The van der Waals surface area contributed by atoms with Crippen LogP contribution >= 0.6 is 11.6 Å². The van der Waals surface area contributed by atoms with E-state index in [1.165, 1.54) is 22.3 Å². The summed E-state index contributed by atoms with van der Waals surface area (Å²) in [5.41, 5.74) is 6.86. The topological polar surface area (TPSA) is 49.7 Å². The summed E-state index contributed by atoms with van der Waals surface area (Å²) in [4.78, 5) is 0. The fourth-order valence-electron chi connectivity index (χ4n) is 4.03. The van der Waals surface area contributed by atoms with Gasteiger partial charge in [0, 0.05) is 17.9 Å². The van der Waals surface area contributed by atoms with Crippen molar-refractivity contribution in [3.8, 4) is 11.1 Å². The summed E-state index contributed by atoms with van der Waals surface area (Å²) < 4.78 is 5.96. The average molecular weight is 423 g/mol. The third-order valence-electron chi connectivity index (χ3n) is 5.76. The van der Waals surface area contributed by atoms with Crippen LogP contribution in [-0.4, -0.2) is 29.0 Å². The van der Waals surface area contributed by atoms with Crippen LogP contribution in [0.5, 0.6) is 0 Å². The Balaban J connectivity index is 1.51. The van der Waals surface area contributed by atoms with E-state index in [0.717, 1.165) is 22.6 Å². The van der Waals surface area contributed by atoms with Crippen LogP contribution in [0.1, 0.15) is 41.2 Å². The van der Waals surface area contributed by atoms with Gasteiger partial charge in [-0.05, 0) is 47.2 Å². The number of rotatable bonds is 5. The Hall–Kier alpha value is -2.17. The second kappa shape index (κ2) is 9.32. The molecule has 3 atom stereocenters. The maximum absolute atomic E-state index is 10.1. The van der Waals surface area contributed by atoms with E-state index in [2.05, 4.69) is 61.5 Å². The number of hydrogen-bond donors (Lipinski definition) is 2. The second-order valence-corrected chi connectivity index (χ2v) is 8.55. The van der Waals surface area contributed by atoms with E-state index in [-0.39, 0.29) is 18.8 Å². The first kappa shape index (κ1) is 21.1.